The van der Waals surface area contributed by atoms with Gasteiger partial charge in [0.25, 0.3) is 5.91 Å². The van der Waals surface area contributed by atoms with E-state index in [2.05, 4.69) is 4.98 Å². The van der Waals surface area contributed by atoms with Crippen LogP contribution in [0.2, 0.25) is 5.15 Å². The first-order valence-corrected chi connectivity index (χ1v) is 7.97. The van der Waals surface area contributed by atoms with Gasteiger partial charge < -0.3 is 9.64 Å². The number of aromatic nitrogens is 1. The predicted molar refractivity (Wildman–Crippen MR) is 96.9 cm³/mol. The van der Waals surface area contributed by atoms with E-state index in [9.17, 15) is 9.59 Å². The summed E-state index contributed by atoms with van der Waals surface area (Å²) in [5.41, 5.74) is 1.77. The molecule has 0 N–H and O–H groups in total. The second kappa shape index (κ2) is 7.32. The highest BCUT2D eigenvalue weighted by atomic mass is 35.5. The van der Waals surface area contributed by atoms with E-state index < -0.39 is 5.97 Å². The van der Waals surface area contributed by atoms with E-state index in [4.69, 9.17) is 16.3 Å². The van der Waals surface area contributed by atoms with Crippen molar-refractivity contribution in [2.24, 2.45) is 0 Å². The lowest BCUT2D eigenvalue weighted by atomic mass is 10.1. The topological polar surface area (TPSA) is 59.5 Å². The Morgan fingerprint density at radius 1 is 1.08 bits per heavy atom. The van der Waals surface area contributed by atoms with Crippen LogP contribution < -0.4 is 4.90 Å². The number of benzene rings is 2. The maximum Gasteiger partial charge on any atom is 0.338 e. The molecule has 5 nitrogen and oxygen atoms in total. The second-order valence-electron chi connectivity index (χ2n) is 5.41. The molecule has 0 unspecified atom stereocenters. The maximum atomic E-state index is 12.2. The number of amides is 1. The summed E-state index contributed by atoms with van der Waals surface area (Å²) in [6.07, 6.45) is 0. The van der Waals surface area contributed by atoms with Crippen molar-refractivity contribution < 1.29 is 14.3 Å². The third kappa shape index (κ3) is 3.95. The van der Waals surface area contributed by atoms with Gasteiger partial charge >= 0.3 is 5.97 Å². The Balaban J connectivity index is 1.66. The maximum absolute atomic E-state index is 12.2. The minimum absolute atomic E-state index is 0.311. The summed E-state index contributed by atoms with van der Waals surface area (Å²) >= 11 is 5.84. The molecule has 126 valence electrons. The largest absolute Gasteiger partial charge is 0.452 e. The fraction of sp³-hybridized carbons (Fsp3) is 0.105. The van der Waals surface area contributed by atoms with Crippen LogP contribution in [0.4, 0.5) is 5.69 Å². The lowest BCUT2D eigenvalue weighted by Gasteiger charge is -2.17. The van der Waals surface area contributed by atoms with E-state index in [1.165, 1.54) is 4.90 Å². The summed E-state index contributed by atoms with van der Waals surface area (Å²) in [6, 6.07) is 17.5. The monoisotopic (exact) mass is 354 g/mol. The van der Waals surface area contributed by atoms with Gasteiger partial charge in [-0.25, -0.2) is 9.78 Å². The van der Waals surface area contributed by atoms with E-state index in [1.807, 2.05) is 18.2 Å². The van der Waals surface area contributed by atoms with Crippen molar-refractivity contribution in [1.82, 2.24) is 4.98 Å². The molecule has 6 heteroatoms. The Morgan fingerprint density at radius 2 is 1.84 bits per heavy atom. The van der Waals surface area contributed by atoms with Gasteiger partial charge in [-0.15, -0.1) is 0 Å². The number of fused-ring (bicyclic) bond motifs is 1. The Kier molecular flexibility index (Phi) is 4.95. The zero-order chi connectivity index (χ0) is 17.8. The highest BCUT2D eigenvalue weighted by Gasteiger charge is 2.15. The van der Waals surface area contributed by atoms with Gasteiger partial charge in [0.2, 0.25) is 0 Å². The average molecular weight is 355 g/mol. The van der Waals surface area contributed by atoms with Gasteiger partial charge in [0.05, 0.1) is 11.1 Å². The molecule has 0 spiro atoms. The summed E-state index contributed by atoms with van der Waals surface area (Å²) in [4.78, 5) is 29.9. The van der Waals surface area contributed by atoms with Crippen LogP contribution in [0.3, 0.4) is 0 Å². The van der Waals surface area contributed by atoms with Crippen molar-refractivity contribution in [2.45, 2.75) is 0 Å². The first kappa shape index (κ1) is 16.9. The number of ether oxygens (including phenoxy) is 1. The molecule has 0 saturated heterocycles. The number of hydrogen-bond acceptors (Lipinski definition) is 4. The van der Waals surface area contributed by atoms with Crippen molar-refractivity contribution in [2.75, 3.05) is 18.6 Å². The molecular formula is C19H15ClN2O3. The smallest absolute Gasteiger partial charge is 0.338 e. The molecule has 0 radical (unpaired) electrons. The predicted octanol–water partition coefficient (Wildman–Crippen LogP) is 3.71. The summed E-state index contributed by atoms with van der Waals surface area (Å²) in [5, 5.41) is 1.16. The van der Waals surface area contributed by atoms with Crippen LogP contribution in [-0.4, -0.2) is 30.5 Å². The number of likely N-dealkylation sites (N-methyl/N-ethyl adjacent to an activating group) is 1. The molecule has 0 bridgehead atoms. The molecule has 0 fully saturated rings. The molecule has 2 aromatic carbocycles. The van der Waals surface area contributed by atoms with Gasteiger partial charge in [0.15, 0.2) is 6.61 Å². The molecular weight excluding hydrogens is 340 g/mol. The van der Waals surface area contributed by atoms with E-state index >= 15 is 0 Å². The quantitative estimate of drug-likeness (QED) is 0.529. The molecule has 1 heterocycles. The number of pyridine rings is 1. The molecule has 3 rings (SSSR count). The summed E-state index contributed by atoms with van der Waals surface area (Å²) in [5.74, 6) is -0.875. The third-order valence-electron chi connectivity index (χ3n) is 3.74. The summed E-state index contributed by atoms with van der Waals surface area (Å²) in [7, 11) is 1.64. The zero-order valence-electron chi connectivity index (χ0n) is 13.5. The molecule has 0 aliphatic rings. The van der Waals surface area contributed by atoms with Crippen LogP contribution in [-0.2, 0) is 9.53 Å². The van der Waals surface area contributed by atoms with E-state index in [0.717, 1.165) is 11.1 Å². The number of hydrogen-bond donors (Lipinski definition) is 0. The molecule has 0 aliphatic carbocycles. The van der Waals surface area contributed by atoms with Gasteiger partial charge in [0.1, 0.15) is 5.15 Å². The number of carbonyl (C=O) groups excluding carboxylic acids is 2. The number of para-hydroxylation sites is 1. The Labute approximate surface area is 149 Å². The average Bonchev–Trinajstić information content (AvgIpc) is 2.65. The lowest BCUT2D eigenvalue weighted by molar-refractivity contribution is -0.121. The van der Waals surface area contributed by atoms with Crippen molar-refractivity contribution >= 4 is 40.1 Å². The Morgan fingerprint density at radius 3 is 2.60 bits per heavy atom. The minimum Gasteiger partial charge on any atom is -0.452 e. The fourth-order valence-corrected chi connectivity index (χ4v) is 2.48. The summed E-state index contributed by atoms with van der Waals surface area (Å²) in [6.45, 7) is -0.332. The second-order valence-corrected chi connectivity index (χ2v) is 5.79. The van der Waals surface area contributed by atoms with Gasteiger partial charge in [-0.05, 0) is 42.5 Å². The van der Waals surface area contributed by atoms with Crippen molar-refractivity contribution in [3.63, 3.8) is 0 Å². The summed E-state index contributed by atoms with van der Waals surface area (Å²) < 4.78 is 5.13. The van der Waals surface area contributed by atoms with Gasteiger partial charge in [0, 0.05) is 18.1 Å². The molecule has 1 aromatic heterocycles. The van der Waals surface area contributed by atoms with Crippen LogP contribution in [0, 0.1) is 0 Å². The first-order valence-electron chi connectivity index (χ1n) is 7.59. The number of halogens is 1. The van der Waals surface area contributed by atoms with Crippen LogP contribution in [0.1, 0.15) is 10.4 Å². The molecule has 0 aliphatic heterocycles. The number of carbonyl (C=O) groups is 2. The SMILES string of the molecule is CN(C(=O)COC(=O)c1ccc2nc(Cl)ccc2c1)c1ccccc1. The number of nitrogens with zero attached hydrogens (tertiary/aromatic N) is 2. The van der Waals surface area contributed by atoms with E-state index in [-0.39, 0.29) is 12.5 Å². The molecule has 3 aromatic rings. The molecule has 0 saturated carbocycles. The van der Waals surface area contributed by atoms with Crippen LogP contribution in [0.25, 0.3) is 10.9 Å². The van der Waals surface area contributed by atoms with Crippen LogP contribution in [0.15, 0.2) is 60.7 Å². The Bertz CT molecular complexity index is 928. The van der Waals surface area contributed by atoms with Crippen molar-refractivity contribution in [1.29, 1.82) is 0 Å². The normalized spacial score (nSPS) is 10.5. The molecule has 25 heavy (non-hydrogen) atoms. The lowest BCUT2D eigenvalue weighted by Crippen LogP contribution is -2.31. The van der Waals surface area contributed by atoms with E-state index in [1.54, 1.807) is 49.5 Å². The minimum atomic E-state index is -0.563. The number of anilines is 1. The van der Waals surface area contributed by atoms with E-state index in [0.29, 0.717) is 16.2 Å². The Hall–Kier alpha value is -2.92. The van der Waals surface area contributed by atoms with Crippen LogP contribution in [0.5, 0.6) is 0 Å². The molecule has 1 amide bonds. The first-order chi connectivity index (χ1) is 12.0. The van der Waals surface area contributed by atoms with Gasteiger partial charge in [-0.2, -0.15) is 0 Å². The number of rotatable bonds is 4. The van der Waals surface area contributed by atoms with Crippen molar-refractivity contribution in [3.8, 4) is 0 Å². The third-order valence-corrected chi connectivity index (χ3v) is 3.95. The number of esters is 1. The highest BCUT2D eigenvalue weighted by molar-refractivity contribution is 6.29. The fourth-order valence-electron chi connectivity index (χ4n) is 2.33. The molecule has 0 atom stereocenters. The van der Waals surface area contributed by atoms with Gasteiger partial charge in [-0.3, -0.25) is 4.79 Å². The van der Waals surface area contributed by atoms with Gasteiger partial charge in [-0.1, -0.05) is 29.8 Å². The zero-order valence-corrected chi connectivity index (χ0v) is 14.2. The van der Waals surface area contributed by atoms with Crippen molar-refractivity contribution in [3.05, 3.63) is 71.4 Å². The highest BCUT2D eigenvalue weighted by Crippen LogP contribution is 2.18. The standard InChI is InChI=1S/C19H15ClN2O3/c1-22(15-5-3-2-4-6-15)18(23)12-25-19(24)14-7-9-16-13(11-14)8-10-17(20)21-16/h2-11H,12H2,1H3. The van der Waals surface area contributed by atoms with Crippen LogP contribution >= 0.6 is 11.6 Å².